The van der Waals surface area contributed by atoms with Crippen molar-refractivity contribution in [3.05, 3.63) is 54.1 Å². The number of esters is 1. The summed E-state index contributed by atoms with van der Waals surface area (Å²) in [7, 11) is 0. The molecular formula is C18H19NO4. The number of ether oxygens (including phenoxy) is 1. The summed E-state index contributed by atoms with van der Waals surface area (Å²) in [4.78, 5) is 22.5. The Balaban J connectivity index is 2.13. The third kappa shape index (κ3) is 4.40. The molecule has 5 heteroatoms. The summed E-state index contributed by atoms with van der Waals surface area (Å²) < 4.78 is 4.79. The maximum atomic E-state index is 11.5. The quantitative estimate of drug-likeness (QED) is 0.832. The van der Waals surface area contributed by atoms with Gasteiger partial charge in [-0.3, -0.25) is 4.79 Å². The number of nitrogens with one attached hydrogen (secondary N) is 1. The van der Waals surface area contributed by atoms with Gasteiger partial charge in [0.15, 0.2) is 6.10 Å². The number of hydrogen-bond acceptors (Lipinski definition) is 4. The van der Waals surface area contributed by atoms with Crippen molar-refractivity contribution in [2.45, 2.75) is 20.0 Å². The normalized spacial score (nSPS) is 11.6. The molecule has 2 aromatic rings. The highest BCUT2D eigenvalue weighted by molar-refractivity contribution is 5.89. The minimum atomic E-state index is -1.27. The zero-order valence-corrected chi connectivity index (χ0v) is 13.1. The molecule has 0 aliphatic heterocycles. The minimum Gasteiger partial charge on any atom is -0.464 e. The van der Waals surface area contributed by atoms with E-state index in [2.05, 4.69) is 5.32 Å². The molecule has 0 bridgehead atoms. The number of carbonyl (C=O) groups is 2. The van der Waals surface area contributed by atoms with Crippen LogP contribution >= 0.6 is 0 Å². The molecule has 0 fully saturated rings. The van der Waals surface area contributed by atoms with Crippen LogP contribution in [-0.2, 0) is 14.3 Å². The first-order valence-electron chi connectivity index (χ1n) is 7.34. The van der Waals surface area contributed by atoms with Crippen molar-refractivity contribution in [3.8, 4) is 11.1 Å². The van der Waals surface area contributed by atoms with Crippen LogP contribution in [0.5, 0.6) is 0 Å². The van der Waals surface area contributed by atoms with Crippen molar-refractivity contribution >= 4 is 17.6 Å². The summed E-state index contributed by atoms with van der Waals surface area (Å²) in [5.74, 6) is -0.769. The lowest BCUT2D eigenvalue weighted by molar-refractivity contribution is -0.153. The molecule has 5 nitrogen and oxygen atoms in total. The highest BCUT2D eigenvalue weighted by Crippen LogP contribution is 2.24. The zero-order valence-electron chi connectivity index (χ0n) is 13.1. The average molecular weight is 313 g/mol. The van der Waals surface area contributed by atoms with Crippen LogP contribution in [0.15, 0.2) is 48.5 Å². The number of carbonyl (C=O) groups excluding carboxylic acids is 2. The summed E-state index contributed by atoms with van der Waals surface area (Å²) in [5, 5.41) is 12.6. The molecule has 120 valence electrons. The van der Waals surface area contributed by atoms with E-state index in [1.165, 1.54) is 6.92 Å². The topological polar surface area (TPSA) is 75.6 Å². The summed E-state index contributed by atoms with van der Waals surface area (Å²) in [6, 6.07) is 14.5. The van der Waals surface area contributed by atoms with E-state index in [4.69, 9.17) is 4.74 Å². The molecule has 1 unspecified atom stereocenters. The second kappa shape index (κ2) is 7.56. The first kappa shape index (κ1) is 16.7. The highest BCUT2D eigenvalue weighted by atomic mass is 16.5. The fraction of sp³-hybridized carbons (Fsp3) is 0.222. The van der Waals surface area contributed by atoms with Gasteiger partial charge in [-0.2, -0.15) is 0 Å². The van der Waals surface area contributed by atoms with Crippen molar-refractivity contribution in [1.82, 2.24) is 0 Å². The predicted molar refractivity (Wildman–Crippen MR) is 87.8 cm³/mol. The molecule has 2 N–H and O–H groups in total. The number of anilines is 1. The highest BCUT2D eigenvalue weighted by Gasteiger charge is 2.18. The van der Waals surface area contributed by atoms with E-state index in [-0.39, 0.29) is 12.5 Å². The third-order valence-corrected chi connectivity index (χ3v) is 3.27. The number of aliphatic hydroxyl groups is 1. The Kier molecular flexibility index (Phi) is 5.49. The molecule has 1 amide bonds. The lowest BCUT2D eigenvalue weighted by Crippen LogP contribution is -2.15. The van der Waals surface area contributed by atoms with Crippen LogP contribution in [0.2, 0.25) is 0 Å². The maximum Gasteiger partial charge on any atom is 0.339 e. The van der Waals surface area contributed by atoms with Gasteiger partial charge in [0.25, 0.3) is 0 Å². The van der Waals surface area contributed by atoms with Crippen molar-refractivity contribution in [1.29, 1.82) is 0 Å². The van der Waals surface area contributed by atoms with Gasteiger partial charge in [0.05, 0.1) is 6.61 Å². The lowest BCUT2D eigenvalue weighted by Gasteiger charge is -2.11. The Labute approximate surface area is 134 Å². The van der Waals surface area contributed by atoms with Gasteiger partial charge >= 0.3 is 5.97 Å². The first-order valence-corrected chi connectivity index (χ1v) is 7.34. The Hall–Kier alpha value is -2.66. The van der Waals surface area contributed by atoms with Gasteiger partial charge in [-0.1, -0.05) is 36.4 Å². The Morgan fingerprint density at radius 1 is 1.04 bits per heavy atom. The summed E-state index contributed by atoms with van der Waals surface area (Å²) in [6.07, 6.45) is -1.27. The van der Waals surface area contributed by atoms with E-state index >= 15 is 0 Å². The smallest absolute Gasteiger partial charge is 0.339 e. The van der Waals surface area contributed by atoms with Gasteiger partial charge in [0.2, 0.25) is 5.91 Å². The predicted octanol–water partition coefficient (Wildman–Crippen LogP) is 2.91. The monoisotopic (exact) mass is 313 g/mol. The summed E-state index contributed by atoms with van der Waals surface area (Å²) >= 11 is 0. The first-order chi connectivity index (χ1) is 11.0. The molecule has 0 aliphatic rings. The molecule has 0 saturated heterocycles. The zero-order chi connectivity index (χ0) is 16.8. The van der Waals surface area contributed by atoms with Crippen LogP contribution in [0.25, 0.3) is 11.1 Å². The summed E-state index contributed by atoms with van der Waals surface area (Å²) in [6.45, 7) is 3.38. The van der Waals surface area contributed by atoms with Crippen molar-refractivity contribution < 1.29 is 19.4 Å². The standard InChI is InChI=1S/C18H19NO4/c1-3-23-18(22)17(21)15-6-4-13(5-7-15)14-8-10-16(11-9-14)19-12(2)20/h4-11,17,21H,3H2,1-2H3,(H,19,20). The van der Waals surface area contributed by atoms with Gasteiger partial charge in [-0.15, -0.1) is 0 Å². The fourth-order valence-corrected chi connectivity index (χ4v) is 2.16. The van der Waals surface area contributed by atoms with E-state index in [0.29, 0.717) is 5.56 Å². The SMILES string of the molecule is CCOC(=O)C(O)c1ccc(-c2ccc(NC(C)=O)cc2)cc1. The molecule has 0 saturated carbocycles. The Morgan fingerprint density at radius 3 is 2.04 bits per heavy atom. The second-order valence-corrected chi connectivity index (χ2v) is 5.04. The molecule has 0 aromatic heterocycles. The molecule has 1 atom stereocenters. The number of aliphatic hydroxyl groups excluding tert-OH is 1. The molecule has 0 radical (unpaired) electrons. The van der Waals surface area contributed by atoms with Crippen LogP contribution in [0.1, 0.15) is 25.5 Å². The van der Waals surface area contributed by atoms with Crippen LogP contribution < -0.4 is 5.32 Å². The van der Waals surface area contributed by atoms with E-state index in [1.807, 2.05) is 36.4 Å². The molecule has 2 rings (SSSR count). The second-order valence-electron chi connectivity index (χ2n) is 5.04. The number of hydrogen-bond donors (Lipinski definition) is 2. The molecule has 0 heterocycles. The molecule has 2 aromatic carbocycles. The lowest BCUT2D eigenvalue weighted by atomic mass is 10.0. The van der Waals surface area contributed by atoms with Gasteiger partial charge in [0, 0.05) is 12.6 Å². The summed E-state index contributed by atoms with van der Waals surface area (Å²) in [5.41, 5.74) is 3.13. The van der Waals surface area contributed by atoms with Crippen molar-refractivity contribution in [2.24, 2.45) is 0 Å². The third-order valence-electron chi connectivity index (χ3n) is 3.27. The Morgan fingerprint density at radius 2 is 1.57 bits per heavy atom. The molecule has 23 heavy (non-hydrogen) atoms. The van der Waals surface area contributed by atoms with E-state index in [1.54, 1.807) is 19.1 Å². The number of amides is 1. The van der Waals surface area contributed by atoms with Gasteiger partial charge < -0.3 is 15.2 Å². The minimum absolute atomic E-state index is 0.116. The van der Waals surface area contributed by atoms with Crippen molar-refractivity contribution in [3.63, 3.8) is 0 Å². The van der Waals surface area contributed by atoms with Crippen LogP contribution in [0.3, 0.4) is 0 Å². The van der Waals surface area contributed by atoms with Gasteiger partial charge in [0.1, 0.15) is 0 Å². The maximum absolute atomic E-state index is 11.5. The molecule has 0 spiro atoms. The molecular weight excluding hydrogens is 294 g/mol. The average Bonchev–Trinajstić information content (AvgIpc) is 2.55. The van der Waals surface area contributed by atoms with E-state index < -0.39 is 12.1 Å². The van der Waals surface area contributed by atoms with Crippen LogP contribution in [0.4, 0.5) is 5.69 Å². The van der Waals surface area contributed by atoms with Gasteiger partial charge in [-0.05, 0) is 35.7 Å². The molecule has 0 aliphatic carbocycles. The van der Waals surface area contributed by atoms with Crippen LogP contribution in [0, 0.1) is 0 Å². The number of benzene rings is 2. The van der Waals surface area contributed by atoms with E-state index in [9.17, 15) is 14.7 Å². The van der Waals surface area contributed by atoms with Gasteiger partial charge in [-0.25, -0.2) is 4.79 Å². The fourth-order valence-electron chi connectivity index (χ4n) is 2.16. The number of rotatable bonds is 5. The Bertz CT molecular complexity index is 677. The van der Waals surface area contributed by atoms with Crippen LogP contribution in [-0.4, -0.2) is 23.6 Å². The van der Waals surface area contributed by atoms with E-state index in [0.717, 1.165) is 16.8 Å². The largest absolute Gasteiger partial charge is 0.464 e. The van der Waals surface area contributed by atoms with Crippen molar-refractivity contribution in [2.75, 3.05) is 11.9 Å².